The summed E-state index contributed by atoms with van der Waals surface area (Å²) in [5.74, 6) is 0.234. The predicted molar refractivity (Wildman–Crippen MR) is 81.3 cm³/mol. The van der Waals surface area contributed by atoms with Crippen molar-refractivity contribution in [2.24, 2.45) is 0 Å². The maximum atomic E-state index is 12.4. The Morgan fingerprint density at radius 2 is 2.00 bits per heavy atom. The van der Waals surface area contributed by atoms with Crippen LogP contribution in [-0.4, -0.2) is 42.6 Å². The molecule has 0 bridgehead atoms. The van der Waals surface area contributed by atoms with Crippen LogP contribution >= 0.6 is 0 Å². The molecule has 1 atom stereocenters. The number of aryl methyl sites for hydroxylation is 1. The van der Waals surface area contributed by atoms with Crippen LogP contribution in [0.5, 0.6) is 5.75 Å². The van der Waals surface area contributed by atoms with Crippen LogP contribution in [-0.2, 0) is 25.6 Å². The summed E-state index contributed by atoms with van der Waals surface area (Å²) < 4.78 is 34.4. The van der Waals surface area contributed by atoms with Gasteiger partial charge in [0.15, 0.2) is 11.9 Å². The number of benzene rings is 1. The van der Waals surface area contributed by atoms with Crippen molar-refractivity contribution in [1.82, 2.24) is 15.0 Å². The van der Waals surface area contributed by atoms with Gasteiger partial charge in [0.05, 0.1) is 19.6 Å². The number of aromatic nitrogens is 3. The normalized spacial score (nSPS) is 12.8. The summed E-state index contributed by atoms with van der Waals surface area (Å²) in [7, 11) is -2.27. The fraction of sp³-hybridized carbons (Fsp3) is 0.357. The van der Waals surface area contributed by atoms with Gasteiger partial charge in [0.1, 0.15) is 5.75 Å². The molecule has 2 rings (SSSR count). The zero-order valence-electron chi connectivity index (χ0n) is 12.7. The van der Waals surface area contributed by atoms with Crippen molar-refractivity contribution >= 4 is 15.9 Å². The van der Waals surface area contributed by atoms with Gasteiger partial charge in [0, 0.05) is 19.2 Å². The zero-order valence-corrected chi connectivity index (χ0v) is 13.6. The van der Waals surface area contributed by atoms with Crippen LogP contribution in [0.3, 0.4) is 0 Å². The van der Waals surface area contributed by atoms with Gasteiger partial charge in [-0.15, -0.1) is 5.10 Å². The second-order valence-electron chi connectivity index (χ2n) is 4.84. The van der Waals surface area contributed by atoms with Gasteiger partial charge in [-0.1, -0.05) is 17.3 Å². The molecular weight excluding hydrogens is 322 g/mol. The Balaban J connectivity index is 2.16. The van der Waals surface area contributed by atoms with E-state index < -0.39 is 16.2 Å². The summed E-state index contributed by atoms with van der Waals surface area (Å²) >= 11 is 0. The van der Waals surface area contributed by atoms with E-state index in [1.807, 2.05) is 0 Å². The molecular formula is C14H17N3O5S. The van der Waals surface area contributed by atoms with E-state index in [1.165, 1.54) is 18.0 Å². The summed E-state index contributed by atoms with van der Waals surface area (Å²) in [5, 5.41) is 7.40. The molecule has 0 radical (unpaired) electrons. The Morgan fingerprint density at radius 1 is 1.30 bits per heavy atom. The van der Waals surface area contributed by atoms with Gasteiger partial charge < -0.3 is 4.74 Å². The molecule has 124 valence electrons. The first-order valence-corrected chi connectivity index (χ1v) is 8.60. The molecule has 23 heavy (non-hydrogen) atoms. The lowest BCUT2D eigenvalue weighted by Gasteiger charge is -2.16. The Hall–Kier alpha value is -2.26. The molecule has 0 amide bonds. The molecule has 0 spiro atoms. The first kappa shape index (κ1) is 17.1. The minimum Gasteiger partial charge on any atom is -0.497 e. The topological polar surface area (TPSA) is 100 Å². The molecule has 0 aliphatic heterocycles. The summed E-state index contributed by atoms with van der Waals surface area (Å²) in [6, 6.07) is 6.47. The van der Waals surface area contributed by atoms with Gasteiger partial charge in [0.2, 0.25) is 0 Å². The maximum Gasteiger partial charge on any atom is 0.265 e. The minimum atomic E-state index is -3.79. The number of Topliss-reactive ketones (excluding diaryl/α,β-unsaturated/α-hetero) is 1. The minimum absolute atomic E-state index is 0.0651. The third-order valence-electron chi connectivity index (χ3n) is 3.04. The number of carbonyl (C=O) groups excluding carboxylic acids is 1. The molecule has 0 N–H and O–H groups in total. The third kappa shape index (κ3) is 5.15. The fourth-order valence-electron chi connectivity index (χ4n) is 1.96. The highest BCUT2D eigenvalue weighted by molar-refractivity contribution is 7.86. The van der Waals surface area contributed by atoms with Gasteiger partial charge in [-0.25, -0.2) is 0 Å². The van der Waals surface area contributed by atoms with Crippen LogP contribution in [0.2, 0.25) is 0 Å². The number of methoxy groups -OCH3 is 1. The van der Waals surface area contributed by atoms with Crippen molar-refractivity contribution in [3.8, 4) is 5.75 Å². The first-order chi connectivity index (χ1) is 10.9. The number of rotatable bonds is 8. The summed E-state index contributed by atoms with van der Waals surface area (Å²) in [4.78, 5) is 12.4. The Morgan fingerprint density at radius 3 is 2.52 bits per heavy atom. The number of carbonyl (C=O) groups is 1. The lowest BCUT2D eigenvalue weighted by Crippen LogP contribution is -2.21. The van der Waals surface area contributed by atoms with Crippen molar-refractivity contribution in [1.29, 1.82) is 0 Å². The highest BCUT2D eigenvalue weighted by atomic mass is 32.2. The van der Waals surface area contributed by atoms with Gasteiger partial charge in [-0.3, -0.25) is 13.7 Å². The highest BCUT2D eigenvalue weighted by Gasteiger charge is 2.25. The van der Waals surface area contributed by atoms with Gasteiger partial charge in [0.25, 0.3) is 10.1 Å². The molecule has 2 aromatic rings. The molecule has 0 saturated carbocycles. The molecule has 8 nitrogen and oxygen atoms in total. The van der Waals surface area contributed by atoms with E-state index in [4.69, 9.17) is 8.92 Å². The number of ether oxygens (including phenoxy) is 1. The number of hydrogen-bond acceptors (Lipinski definition) is 7. The molecule has 0 aliphatic rings. The van der Waals surface area contributed by atoms with E-state index in [9.17, 15) is 13.2 Å². The number of nitrogens with zero attached hydrogens (tertiary/aromatic N) is 3. The predicted octanol–water partition coefficient (Wildman–Crippen LogP) is 0.963. The van der Waals surface area contributed by atoms with Crippen LogP contribution in [0.25, 0.3) is 0 Å². The van der Waals surface area contributed by atoms with Gasteiger partial charge in [-0.2, -0.15) is 8.42 Å². The second kappa shape index (κ2) is 7.34. The fourth-order valence-corrected chi connectivity index (χ4v) is 2.52. The first-order valence-electron chi connectivity index (χ1n) is 6.78. The smallest absolute Gasteiger partial charge is 0.265 e. The van der Waals surface area contributed by atoms with Crippen molar-refractivity contribution in [2.45, 2.75) is 19.1 Å². The lowest BCUT2D eigenvalue weighted by atomic mass is 10.0. The Bertz CT molecular complexity index is 741. The van der Waals surface area contributed by atoms with E-state index in [1.54, 1.807) is 30.5 Å². The van der Waals surface area contributed by atoms with E-state index >= 15 is 0 Å². The quantitative estimate of drug-likeness (QED) is 0.660. The summed E-state index contributed by atoms with van der Waals surface area (Å²) in [6.45, 7) is 0.290. The molecule has 1 aromatic heterocycles. The van der Waals surface area contributed by atoms with Crippen molar-refractivity contribution in [3.63, 3.8) is 0 Å². The molecule has 1 unspecified atom stereocenters. The highest BCUT2D eigenvalue weighted by Crippen LogP contribution is 2.24. The van der Waals surface area contributed by atoms with E-state index in [-0.39, 0.29) is 12.2 Å². The van der Waals surface area contributed by atoms with Crippen LogP contribution in [0.1, 0.15) is 18.1 Å². The average molecular weight is 339 g/mol. The van der Waals surface area contributed by atoms with Crippen LogP contribution in [0.4, 0.5) is 0 Å². The van der Waals surface area contributed by atoms with Crippen LogP contribution < -0.4 is 4.74 Å². The van der Waals surface area contributed by atoms with Gasteiger partial charge in [-0.05, 0) is 17.7 Å². The maximum absolute atomic E-state index is 12.4. The van der Waals surface area contributed by atoms with Crippen molar-refractivity contribution in [3.05, 3.63) is 42.2 Å². The SMILES string of the molecule is COc1ccc(C(OS(C)(=O)=O)C(=O)CCn2ccnn2)cc1. The van der Waals surface area contributed by atoms with E-state index in [0.29, 0.717) is 17.9 Å². The molecule has 0 aliphatic carbocycles. The number of ketones is 1. The molecule has 0 fully saturated rings. The largest absolute Gasteiger partial charge is 0.497 e. The van der Waals surface area contributed by atoms with E-state index in [2.05, 4.69) is 10.3 Å². The van der Waals surface area contributed by atoms with Crippen LogP contribution in [0.15, 0.2) is 36.7 Å². The van der Waals surface area contributed by atoms with Crippen LogP contribution in [0, 0.1) is 0 Å². The third-order valence-corrected chi connectivity index (χ3v) is 3.58. The number of hydrogen-bond donors (Lipinski definition) is 0. The van der Waals surface area contributed by atoms with E-state index in [0.717, 1.165) is 6.26 Å². The zero-order chi connectivity index (χ0) is 16.9. The Labute approximate surface area is 134 Å². The molecule has 0 saturated heterocycles. The van der Waals surface area contributed by atoms with Crippen molar-refractivity contribution in [2.75, 3.05) is 13.4 Å². The molecule has 9 heteroatoms. The second-order valence-corrected chi connectivity index (χ2v) is 6.44. The Kier molecular flexibility index (Phi) is 5.45. The lowest BCUT2D eigenvalue weighted by molar-refractivity contribution is -0.126. The van der Waals surface area contributed by atoms with Gasteiger partial charge >= 0.3 is 0 Å². The van der Waals surface area contributed by atoms with Crippen molar-refractivity contribution < 1.29 is 22.1 Å². The monoisotopic (exact) mass is 339 g/mol. The average Bonchev–Trinajstić information content (AvgIpc) is 3.03. The standard InChI is InChI=1S/C14H17N3O5S/c1-21-12-5-3-11(4-6-12)14(22-23(2,19)20)13(18)7-9-17-10-8-15-16-17/h3-6,8,10,14H,7,9H2,1-2H3. The summed E-state index contributed by atoms with van der Waals surface area (Å²) in [6.07, 6.45) is 2.90. The molecule has 1 aromatic carbocycles. The summed E-state index contributed by atoms with van der Waals surface area (Å²) in [5.41, 5.74) is 0.444. The molecule has 1 heterocycles.